The summed E-state index contributed by atoms with van der Waals surface area (Å²) in [6.45, 7) is 6.21. The van der Waals surface area contributed by atoms with Crippen LogP contribution in [0.5, 0.6) is 0 Å². The molecule has 1 aliphatic rings. The number of piperazine rings is 1. The lowest BCUT2D eigenvalue weighted by Crippen LogP contribution is -2.45. The van der Waals surface area contributed by atoms with Crippen molar-refractivity contribution >= 4 is 41.2 Å². The molecule has 0 saturated carbocycles. The highest BCUT2D eigenvalue weighted by molar-refractivity contribution is 6.35. The lowest BCUT2D eigenvalue weighted by molar-refractivity contribution is -0.159. The minimum Gasteiger partial charge on any atom is -0.473 e. The van der Waals surface area contributed by atoms with E-state index in [1.807, 2.05) is 24.3 Å². The molecule has 0 radical (unpaired) electrons. The van der Waals surface area contributed by atoms with Crippen LogP contribution in [0.4, 0.5) is 0 Å². The zero-order valence-electron chi connectivity index (χ0n) is 16.4. The van der Waals surface area contributed by atoms with Crippen molar-refractivity contribution < 1.29 is 19.8 Å². The largest absolute Gasteiger partial charge is 0.473 e. The van der Waals surface area contributed by atoms with E-state index < -0.39 is 11.9 Å². The Labute approximate surface area is 185 Å². The molecule has 2 N–H and O–H groups in total. The summed E-state index contributed by atoms with van der Waals surface area (Å²) >= 11 is 12.2. The Morgan fingerprint density at radius 2 is 1.50 bits per heavy atom. The molecule has 2 aromatic carbocycles. The molecule has 2 aromatic rings. The van der Waals surface area contributed by atoms with Crippen molar-refractivity contribution in [1.29, 1.82) is 0 Å². The Balaban J connectivity index is 0.000000469. The van der Waals surface area contributed by atoms with Crippen molar-refractivity contribution in [3.8, 4) is 0 Å². The van der Waals surface area contributed by atoms with Gasteiger partial charge in [-0.2, -0.15) is 0 Å². The van der Waals surface area contributed by atoms with Crippen LogP contribution in [0.15, 0.2) is 54.6 Å². The SMILES string of the molecule is Clc1ccc(CN2CCN(CC=Cc3ccccc3)CC2)c(Cl)c1.O=C(O)C(=O)O. The van der Waals surface area contributed by atoms with Gasteiger partial charge in [-0.15, -0.1) is 0 Å². The average molecular weight is 451 g/mol. The average Bonchev–Trinajstić information content (AvgIpc) is 2.72. The van der Waals surface area contributed by atoms with Gasteiger partial charge >= 0.3 is 11.9 Å². The first-order chi connectivity index (χ1) is 14.3. The predicted octanol–water partition coefficient (Wildman–Crippen LogP) is 3.98. The molecule has 0 atom stereocenters. The fraction of sp³-hybridized carbons (Fsp3) is 0.273. The van der Waals surface area contributed by atoms with Gasteiger partial charge in [-0.25, -0.2) is 9.59 Å². The van der Waals surface area contributed by atoms with E-state index in [0.717, 1.165) is 49.9 Å². The number of rotatable bonds is 5. The highest BCUT2D eigenvalue weighted by atomic mass is 35.5. The van der Waals surface area contributed by atoms with Crippen LogP contribution >= 0.6 is 23.2 Å². The third-order valence-corrected chi connectivity index (χ3v) is 5.12. The van der Waals surface area contributed by atoms with Crippen LogP contribution in [0.1, 0.15) is 11.1 Å². The Morgan fingerprint density at radius 1 is 0.900 bits per heavy atom. The van der Waals surface area contributed by atoms with Crippen LogP contribution in [0.2, 0.25) is 10.0 Å². The van der Waals surface area contributed by atoms with Gasteiger partial charge in [0.05, 0.1) is 0 Å². The fourth-order valence-corrected chi connectivity index (χ4v) is 3.39. The van der Waals surface area contributed by atoms with Gasteiger partial charge in [0.25, 0.3) is 0 Å². The third kappa shape index (κ3) is 8.55. The number of carbonyl (C=O) groups is 2. The van der Waals surface area contributed by atoms with Gasteiger partial charge in [-0.05, 0) is 23.3 Å². The molecule has 3 rings (SSSR count). The first-order valence-electron chi connectivity index (χ1n) is 9.41. The highest BCUT2D eigenvalue weighted by Gasteiger charge is 2.16. The van der Waals surface area contributed by atoms with Crippen LogP contribution in [0, 0.1) is 0 Å². The summed E-state index contributed by atoms with van der Waals surface area (Å²) in [4.78, 5) is 23.1. The molecular formula is C22H24Cl2N2O4. The first-order valence-corrected chi connectivity index (χ1v) is 10.2. The van der Waals surface area contributed by atoms with Crippen LogP contribution in [0.3, 0.4) is 0 Å². The molecule has 0 amide bonds. The van der Waals surface area contributed by atoms with E-state index in [1.165, 1.54) is 5.56 Å². The Kier molecular flexibility index (Phi) is 9.83. The van der Waals surface area contributed by atoms with Gasteiger partial charge in [0, 0.05) is 49.3 Å². The van der Waals surface area contributed by atoms with E-state index in [9.17, 15) is 0 Å². The van der Waals surface area contributed by atoms with E-state index in [2.05, 4.69) is 46.2 Å². The van der Waals surface area contributed by atoms with Crippen molar-refractivity contribution in [1.82, 2.24) is 9.80 Å². The standard InChI is InChI=1S/C20H22Cl2N2.C2H2O4/c21-19-9-8-18(20(22)15-19)16-24-13-11-23(12-14-24)10-4-7-17-5-2-1-3-6-17;3-1(4)2(5)6/h1-9,15H,10-14,16H2;(H,3,4)(H,5,6). The number of benzene rings is 2. The number of nitrogens with zero attached hydrogens (tertiary/aromatic N) is 2. The zero-order valence-corrected chi connectivity index (χ0v) is 17.9. The lowest BCUT2D eigenvalue weighted by atomic mass is 10.2. The summed E-state index contributed by atoms with van der Waals surface area (Å²) in [7, 11) is 0. The molecule has 0 spiro atoms. The fourth-order valence-electron chi connectivity index (χ4n) is 2.92. The molecule has 1 heterocycles. The smallest absolute Gasteiger partial charge is 0.414 e. The summed E-state index contributed by atoms with van der Waals surface area (Å²) in [5.41, 5.74) is 2.41. The van der Waals surface area contributed by atoms with Crippen molar-refractivity contribution in [3.63, 3.8) is 0 Å². The normalized spacial score (nSPS) is 14.9. The van der Waals surface area contributed by atoms with Gasteiger partial charge in [-0.3, -0.25) is 9.80 Å². The molecule has 0 bridgehead atoms. The van der Waals surface area contributed by atoms with Crippen LogP contribution in [0.25, 0.3) is 6.08 Å². The summed E-state index contributed by atoms with van der Waals surface area (Å²) in [6.07, 6.45) is 4.45. The minimum absolute atomic E-state index is 0.693. The van der Waals surface area contributed by atoms with E-state index in [-0.39, 0.29) is 0 Å². The topological polar surface area (TPSA) is 81.1 Å². The molecule has 1 fully saturated rings. The van der Waals surface area contributed by atoms with Crippen LogP contribution < -0.4 is 0 Å². The van der Waals surface area contributed by atoms with Crippen molar-refractivity contribution in [2.75, 3.05) is 32.7 Å². The van der Waals surface area contributed by atoms with E-state index in [0.29, 0.717) is 5.02 Å². The van der Waals surface area contributed by atoms with Gasteiger partial charge in [0.15, 0.2) is 0 Å². The summed E-state index contributed by atoms with van der Waals surface area (Å²) in [6, 6.07) is 16.2. The Morgan fingerprint density at radius 3 is 2.07 bits per heavy atom. The van der Waals surface area contributed by atoms with Crippen LogP contribution in [-0.4, -0.2) is 64.7 Å². The van der Waals surface area contributed by atoms with Crippen LogP contribution in [-0.2, 0) is 16.1 Å². The quantitative estimate of drug-likeness (QED) is 0.670. The number of carboxylic acids is 2. The number of carboxylic acid groups (broad SMARTS) is 2. The second-order valence-corrected chi connectivity index (χ2v) is 7.58. The molecule has 0 unspecified atom stereocenters. The summed E-state index contributed by atoms with van der Waals surface area (Å²) in [5.74, 6) is -3.65. The monoisotopic (exact) mass is 450 g/mol. The van der Waals surface area contributed by atoms with Gasteiger partial charge < -0.3 is 10.2 Å². The van der Waals surface area contributed by atoms with E-state index in [4.69, 9.17) is 43.0 Å². The molecular weight excluding hydrogens is 427 g/mol. The summed E-state index contributed by atoms with van der Waals surface area (Å²) < 4.78 is 0. The number of aliphatic carboxylic acids is 2. The second-order valence-electron chi connectivity index (χ2n) is 6.74. The lowest BCUT2D eigenvalue weighted by Gasteiger charge is -2.34. The van der Waals surface area contributed by atoms with E-state index in [1.54, 1.807) is 0 Å². The van der Waals surface area contributed by atoms with Crippen molar-refractivity contribution in [2.24, 2.45) is 0 Å². The zero-order chi connectivity index (χ0) is 21.9. The molecule has 30 heavy (non-hydrogen) atoms. The number of hydrogen-bond donors (Lipinski definition) is 2. The van der Waals surface area contributed by atoms with Crippen molar-refractivity contribution in [3.05, 3.63) is 75.8 Å². The van der Waals surface area contributed by atoms with E-state index >= 15 is 0 Å². The molecule has 6 nitrogen and oxygen atoms in total. The molecule has 8 heteroatoms. The Bertz CT molecular complexity index is 855. The number of hydrogen-bond acceptors (Lipinski definition) is 4. The Hall–Kier alpha value is -2.38. The first kappa shape index (κ1) is 23.9. The molecule has 160 valence electrons. The molecule has 0 aromatic heterocycles. The third-order valence-electron chi connectivity index (χ3n) is 4.53. The number of halogens is 2. The maximum absolute atomic E-state index is 9.10. The van der Waals surface area contributed by atoms with Gasteiger partial charge in [0.1, 0.15) is 0 Å². The maximum atomic E-state index is 9.10. The second kappa shape index (κ2) is 12.3. The maximum Gasteiger partial charge on any atom is 0.414 e. The minimum atomic E-state index is -1.82. The van der Waals surface area contributed by atoms with Crippen molar-refractivity contribution in [2.45, 2.75) is 6.54 Å². The molecule has 1 aliphatic heterocycles. The van der Waals surface area contributed by atoms with Gasteiger partial charge in [-0.1, -0.05) is 71.8 Å². The molecule has 0 aliphatic carbocycles. The molecule has 1 saturated heterocycles. The summed E-state index contributed by atoms with van der Waals surface area (Å²) in [5, 5.41) is 16.2. The predicted molar refractivity (Wildman–Crippen MR) is 119 cm³/mol. The highest BCUT2D eigenvalue weighted by Crippen LogP contribution is 2.22. The van der Waals surface area contributed by atoms with Gasteiger partial charge in [0.2, 0.25) is 0 Å².